The molecule has 1 aromatic rings. The van der Waals surface area contributed by atoms with E-state index < -0.39 is 0 Å². The minimum atomic E-state index is 0. The van der Waals surface area contributed by atoms with Gasteiger partial charge in [-0.05, 0) is 24.8 Å². The number of guanidine groups is 1. The molecule has 2 saturated heterocycles. The Balaban J connectivity index is 0.00000272. The summed E-state index contributed by atoms with van der Waals surface area (Å²) < 4.78 is 0. The van der Waals surface area contributed by atoms with E-state index in [1.54, 1.807) is 0 Å². The van der Waals surface area contributed by atoms with Crippen LogP contribution >= 0.6 is 24.0 Å². The number of aliphatic imine (C=N–C) groups is 1. The third kappa shape index (κ3) is 6.34. The second kappa shape index (κ2) is 12.0. The van der Waals surface area contributed by atoms with Crippen molar-refractivity contribution in [2.45, 2.75) is 38.0 Å². The summed E-state index contributed by atoms with van der Waals surface area (Å²) in [5.41, 5.74) is 1.43. The lowest BCUT2D eigenvalue weighted by Gasteiger charge is -2.36. The molecule has 2 aliphatic heterocycles. The Morgan fingerprint density at radius 1 is 1.00 bits per heavy atom. The molecule has 6 nitrogen and oxygen atoms in total. The minimum absolute atomic E-state index is 0. The fraction of sp³-hybridized carbons (Fsp3) is 0.667. The third-order valence-electron chi connectivity index (χ3n) is 7.07. The topological polar surface area (TPSA) is 51.2 Å². The number of nitrogens with zero attached hydrogens (tertiary/aromatic N) is 4. The Hall–Kier alpha value is -1.35. The molecule has 31 heavy (non-hydrogen) atoms. The van der Waals surface area contributed by atoms with E-state index in [1.165, 1.54) is 24.8 Å². The second-order valence-electron chi connectivity index (χ2n) is 8.96. The van der Waals surface area contributed by atoms with Crippen LogP contribution in [-0.4, -0.2) is 86.0 Å². The Labute approximate surface area is 204 Å². The molecule has 0 aromatic heterocycles. The molecule has 2 heterocycles. The van der Waals surface area contributed by atoms with Gasteiger partial charge in [0, 0.05) is 71.2 Å². The van der Waals surface area contributed by atoms with E-state index in [9.17, 15) is 4.79 Å². The molecule has 172 valence electrons. The lowest BCUT2D eigenvalue weighted by atomic mass is 9.99. The van der Waals surface area contributed by atoms with Gasteiger partial charge in [-0.15, -0.1) is 24.0 Å². The van der Waals surface area contributed by atoms with Crippen LogP contribution < -0.4 is 5.32 Å². The number of nitrogens with one attached hydrogen (secondary N) is 1. The van der Waals surface area contributed by atoms with E-state index in [0.29, 0.717) is 17.7 Å². The van der Waals surface area contributed by atoms with Crippen molar-refractivity contribution >= 4 is 35.8 Å². The lowest BCUT2D eigenvalue weighted by Crippen LogP contribution is -2.52. The Morgan fingerprint density at radius 2 is 1.71 bits per heavy atom. The average molecular weight is 540 g/mol. The van der Waals surface area contributed by atoms with Crippen molar-refractivity contribution in [1.29, 1.82) is 0 Å². The van der Waals surface area contributed by atoms with Crippen LogP contribution in [0.15, 0.2) is 35.3 Å². The molecule has 1 unspecified atom stereocenters. The molecule has 0 bridgehead atoms. The fourth-order valence-electron chi connectivity index (χ4n) is 5.23. The highest BCUT2D eigenvalue weighted by molar-refractivity contribution is 14.0. The summed E-state index contributed by atoms with van der Waals surface area (Å²) in [6.45, 7) is 7.73. The monoisotopic (exact) mass is 539 g/mol. The Kier molecular flexibility index (Phi) is 9.44. The molecule has 0 spiro atoms. The summed E-state index contributed by atoms with van der Waals surface area (Å²) in [6.07, 6.45) is 5.84. The van der Waals surface area contributed by atoms with Gasteiger partial charge in [0.2, 0.25) is 5.91 Å². The van der Waals surface area contributed by atoms with Crippen molar-refractivity contribution in [2.24, 2.45) is 10.9 Å². The number of carbonyl (C=O) groups is 1. The SMILES string of the molecule is CN=C(NCCN1CCN(C(=O)C2CCCC2)CC1)N1CCC(c2ccccc2)C1.I. The maximum Gasteiger partial charge on any atom is 0.225 e. The van der Waals surface area contributed by atoms with Crippen LogP contribution in [0.3, 0.4) is 0 Å². The molecule has 3 aliphatic rings. The molecule has 1 aliphatic carbocycles. The van der Waals surface area contributed by atoms with Gasteiger partial charge in [-0.2, -0.15) is 0 Å². The number of amides is 1. The van der Waals surface area contributed by atoms with Gasteiger partial charge in [0.15, 0.2) is 5.96 Å². The molecule has 1 amide bonds. The van der Waals surface area contributed by atoms with Crippen LogP contribution in [0.1, 0.15) is 43.6 Å². The Morgan fingerprint density at radius 3 is 2.39 bits per heavy atom. The number of likely N-dealkylation sites (tertiary alicyclic amines) is 1. The molecular weight excluding hydrogens is 501 g/mol. The van der Waals surface area contributed by atoms with Gasteiger partial charge in [-0.1, -0.05) is 43.2 Å². The van der Waals surface area contributed by atoms with E-state index in [2.05, 4.69) is 55.3 Å². The van der Waals surface area contributed by atoms with Gasteiger partial charge in [-0.25, -0.2) is 0 Å². The lowest BCUT2D eigenvalue weighted by molar-refractivity contribution is -0.137. The standard InChI is InChI=1S/C24H37N5O.HI/c1-25-24(29-13-11-22(19-29)20-7-3-2-4-8-20)26-12-14-27-15-17-28(18-16-27)23(30)21-9-5-6-10-21;/h2-4,7-8,21-22H,5-6,9-19H2,1H3,(H,25,26);1H. The zero-order valence-electron chi connectivity index (χ0n) is 18.8. The van der Waals surface area contributed by atoms with Crippen LogP contribution in [0.5, 0.6) is 0 Å². The van der Waals surface area contributed by atoms with Crippen molar-refractivity contribution in [2.75, 3.05) is 59.4 Å². The summed E-state index contributed by atoms with van der Waals surface area (Å²) in [4.78, 5) is 24.1. The summed E-state index contributed by atoms with van der Waals surface area (Å²) in [5.74, 6) is 2.33. The highest BCUT2D eigenvalue weighted by atomic mass is 127. The highest BCUT2D eigenvalue weighted by Gasteiger charge is 2.29. The second-order valence-corrected chi connectivity index (χ2v) is 8.96. The number of piperazine rings is 1. The predicted molar refractivity (Wildman–Crippen MR) is 137 cm³/mol. The first-order chi connectivity index (χ1) is 14.7. The number of hydrogen-bond donors (Lipinski definition) is 1. The van der Waals surface area contributed by atoms with Crippen LogP contribution in [0.4, 0.5) is 0 Å². The van der Waals surface area contributed by atoms with Gasteiger partial charge in [0.25, 0.3) is 0 Å². The van der Waals surface area contributed by atoms with E-state index >= 15 is 0 Å². The smallest absolute Gasteiger partial charge is 0.225 e. The average Bonchev–Trinajstić information content (AvgIpc) is 3.50. The summed E-state index contributed by atoms with van der Waals surface area (Å²) in [7, 11) is 1.88. The van der Waals surface area contributed by atoms with E-state index in [0.717, 1.165) is 71.2 Å². The highest BCUT2D eigenvalue weighted by Crippen LogP contribution is 2.27. The molecule has 3 fully saturated rings. The van der Waals surface area contributed by atoms with Crippen molar-refractivity contribution in [1.82, 2.24) is 20.0 Å². The van der Waals surface area contributed by atoms with Crippen LogP contribution in [0.2, 0.25) is 0 Å². The maximum atomic E-state index is 12.6. The number of halogens is 1. The molecule has 1 N–H and O–H groups in total. The first kappa shape index (κ1) is 24.3. The molecule has 1 saturated carbocycles. The first-order valence-corrected chi connectivity index (χ1v) is 11.8. The van der Waals surface area contributed by atoms with Crippen molar-refractivity contribution in [3.63, 3.8) is 0 Å². The zero-order chi connectivity index (χ0) is 20.8. The fourth-order valence-corrected chi connectivity index (χ4v) is 5.23. The molecule has 0 radical (unpaired) electrons. The zero-order valence-corrected chi connectivity index (χ0v) is 21.2. The number of hydrogen-bond acceptors (Lipinski definition) is 3. The molecule has 7 heteroatoms. The summed E-state index contributed by atoms with van der Waals surface area (Å²) >= 11 is 0. The van der Waals surface area contributed by atoms with Crippen molar-refractivity contribution in [3.05, 3.63) is 35.9 Å². The third-order valence-corrected chi connectivity index (χ3v) is 7.07. The Bertz CT molecular complexity index is 714. The van der Waals surface area contributed by atoms with Crippen molar-refractivity contribution < 1.29 is 4.79 Å². The number of carbonyl (C=O) groups excluding carboxylic acids is 1. The van der Waals surface area contributed by atoms with E-state index in [-0.39, 0.29) is 24.0 Å². The van der Waals surface area contributed by atoms with Gasteiger partial charge in [0.1, 0.15) is 0 Å². The number of benzene rings is 1. The quantitative estimate of drug-likeness (QED) is 0.355. The van der Waals surface area contributed by atoms with E-state index in [1.807, 2.05) is 7.05 Å². The molecule has 1 aromatic carbocycles. The normalized spacial score (nSPS) is 23.1. The minimum Gasteiger partial charge on any atom is -0.355 e. The summed E-state index contributed by atoms with van der Waals surface area (Å²) in [5, 5.41) is 3.56. The first-order valence-electron chi connectivity index (χ1n) is 11.8. The largest absolute Gasteiger partial charge is 0.355 e. The summed E-state index contributed by atoms with van der Waals surface area (Å²) in [6, 6.07) is 10.8. The maximum absolute atomic E-state index is 12.6. The molecular formula is C24H38IN5O. The predicted octanol–water partition coefficient (Wildman–Crippen LogP) is 3.00. The van der Waals surface area contributed by atoms with Crippen LogP contribution in [0.25, 0.3) is 0 Å². The van der Waals surface area contributed by atoms with Gasteiger partial charge < -0.3 is 15.1 Å². The van der Waals surface area contributed by atoms with Crippen LogP contribution in [0, 0.1) is 5.92 Å². The van der Waals surface area contributed by atoms with Gasteiger partial charge >= 0.3 is 0 Å². The van der Waals surface area contributed by atoms with Gasteiger partial charge in [-0.3, -0.25) is 14.7 Å². The van der Waals surface area contributed by atoms with Crippen molar-refractivity contribution in [3.8, 4) is 0 Å². The molecule has 1 atom stereocenters. The van der Waals surface area contributed by atoms with E-state index in [4.69, 9.17) is 0 Å². The van der Waals surface area contributed by atoms with Gasteiger partial charge in [0.05, 0.1) is 0 Å². The van der Waals surface area contributed by atoms with Crippen LogP contribution in [-0.2, 0) is 4.79 Å². The number of rotatable bonds is 5. The molecule has 4 rings (SSSR count).